The summed E-state index contributed by atoms with van der Waals surface area (Å²) >= 11 is 0. The van der Waals surface area contributed by atoms with E-state index in [-0.39, 0.29) is 24.2 Å². The zero-order chi connectivity index (χ0) is 14.9. The van der Waals surface area contributed by atoms with Crippen LogP contribution < -0.4 is 5.32 Å². The van der Waals surface area contributed by atoms with E-state index in [1.807, 2.05) is 6.92 Å². The van der Waals surface area contributed by atoms with E-state index < -0.39 is 5.60 Å². The van der Waals surface area contributed by atoms with Crippen LogP contribution in [-0.4, -0.2) is 27.4 Å². The number of hydrogen-bond donors (Lipinski definition) is 1. The predicted octanol–water partition coefficient (Wildman–Crippen LogP) is 1.28. The van der Waals surface area contributed by atoms with Crippen molar-refractivity contribution >= 4 is 11.9 Å². The fraction of sp³-hybridized carbons (Fsp3) is 0.600. The molecule has 1 aromatic rings. The van der Waals surface area contributed by atoms with Gasteiger partial charge in [0.05, 0.1) is 36.5 Å². The molecule has 1 amide bonds. The lowest BCUT2D eigenvalue weighted by Gasteiger charge is -2.27. The number of hydrogen-bond acceptors (Lipinski definition) is 5. The lowest BCUT2D eigenvalue weighted by atomic mass is 9.85. The second kappa shape index (κ2) is 5.42. The van der Waals surface area contributed by atoms with Gasteiger partial charge >= 0.3 is 5.97 Å². The van der Waals surface area contributed by atoms with Gasteiger partial charge in [-0.3, -0.25) is 19.6 Å². The average molecular weight is 289 g/mol. The van der Waals surface area contributed by atoms with Crippen LogP contribution in [0.25, 0.3) is 0 Å². The molecule has 1 aliphatic heterocycles. The molecule has 6 nitrogen and oxygen atoms in total. The molecule has 2 aliphatic rings. The molecule has 2 heterocycles. The molecule has 6 heteroatoms. The minimum atomic E-state index is -0.555. The van der Waals surface area contributed by atoms with Crippen LogP contribution in [0.4, 0.5) is 0 Å². The number of aromatic nitrogens is 2. The van der Waals surface area contributed by atoms with Crippen molar-refractivity contribution in [2.45, 2.75) is 51.2 Å². The Labute approximate surface area is 123 Å². The Hall–Kier alpha value is -1.98. The monoisotopic (exact) mass is 289 g/mol. The van der Waals surface area contributed by atoms with Crippen molar-refractivity contribution in [1.29, 1.82) is 0 Å². The van der Waals surface area contributed by atoms with Crippen LogP contribution >= 0.6 is 0 Å². The number of carbonyl (C=O) groups is 2. The molecule has 1 saturated heterocycles. The molecule has 1 spiro atoms. The molecule has 1 N–H and O–H groups in total. The summed E-state index contributed by atoms with van der Waals surface area (Å²) in [5, 5.41) is 2.86. The van der Waals surface area contributed by atoms with Crippen LogP contribution in [0, 0.1) is 12.8 Å². The summed E-state index contributed by atoms with van der Waals surface area (Å²) < 4.78 is 5.48. The standard InChI is InChI=1S/C15H19N3O3/c1-10-7-17-11(8-16-10)9-18-14(20)12-6-13(19)21-15(12)4-2-3-5-15/h7-8,12H,2-6,9H2,1H3,(H,18,20). The summed E-state index contributed by atoms with van der Waals surface area (Å²) in [5.74, 6) is -0.747. The highest BCUT2D eigenvalue weighted by Crippen LogP contribution is 2.45. The van der Waals surface area contributed by atoms with E-state index in [9.17, 15) is 9.59 Å². The maximum absolute atomic E-state index is 12.4. The first kappa shape index (κ1) is 14.0. The van der Waals surface area contributed by atoms with Crippen molar-refractivity contribution in [1.82, 2.24) is 15.3 Å². The van der Waals surface area contributed by atoms with Gasteiger partial charge in [0.15, 0.2) is 0 Å². The number of amides is 1. The van der Waals surface area contributed by atoms with E-state index in [1.54, 1.807) is 12.4 Å². The topological polar surface area (TPSA) is 81.2 Å². The molecule has 1 atom stereocenters. The molecule has 1 aliphatic carbocycles. The van der Waals surface area contributed by atoms with E-state index in [4.69, 9.17) is 4.74 Å². The summed E-state index contributed by atoms with van der Waals surface area (Å²) in [6.45, 7) is 2.19. The van der Waals surface area contributed by atoms with Crippen molar-refractivity contribution in [2.75, 3.05) is 0 Å². The van der Waals surface area contributed by atoms with Crippen LogP contribution in [0.3, 0.4) is 0 Å². The van der Waals surface area contributed by atoms with Gasteiger partial charge in [-0.1, -0.05) is 0 Å². The van der Waals surface area contributed by atoms with Crippen LogP contribution in [0.15, 0.2) is 12.4 Å². The first-order valence-electron chi connectivity index (χ1n) is 7.36. The van der Waals surface area contributed by atoms with Crippen LogP contribution in [0.5, 0.6) is 0 Å². The van der Waals surface area contributed by atoms with Gasteiger partial charge in [0, 0.05) is 6.20 Å². The fourth-order valence-corrected chi connectivity index (χ4v) is 3.26. The van der Waals surface area contributed by atoms with E-state index >= 15 is 0 Å². The molecule has 1 aromatic heterocycles. The number of nitrogens with zero attached hydrogens (tertiary/aromatic N) is 2. The number of carbonyl (C=O) groups excluding carboxylic acids is 2. The van der Waals surface area contributed by atoms with E-state index in [2.05, 4.69) is 15.3 Å². The quantitative estimate of drug-likeness (QED) is 0.848. The highest BCUT2D eigenvalue weighted by molar-refractivity contribution is 5.87. The van der Waals surface area contributed by atoms with Crippen LogP contribution in [0.2, 0.25) is 0 Å². The maximum Gasteiger partial charge on any atom is 0.307 e. The Bertz CT molecular complexity index is 550. The molecular formula is C15H19N3O3. The summed E-state index contributed by atoms with van der Waals surface area (Å²) in [5.41, 5.74) is 0.990. The smallest absolute Gasteiger partial charge is 0.307 e. The maximum atomic E-state index is 12.4. The molecule has 1 saturated carbocycles. The summed E-state index contributed by atoms with van der Waals surface area (Å²) in [4.78, 5) is 32.4. The van der Waals surface area contributed by atoms with Crippen LogP contribution in [-0.2, 0) is 20.9 Å². The van der Waals surface area contributed by atoms with Crippen molar-refractivity contribution < 1.29 is 14.3 Å². The van der Waals surface area contributed by atoms with E-state index in [0.29, 0.717) is 12.2 Å². The number of rotatable bonds is 3. The third-order valence-corrected chi connectivity index (χ3v) is 4.37. The van der Waals surface area contributed by atoms with Crippen molar-refractivity contribution in [3.8, 4) is 0 Å². The molecule has 0 bridgehead atoms. The normalized spacial score (nSPS) is 23.3. The summed E-state index contributed by atoms with van der Waals surface area (Å²) in [6.07, 6.45) is 7.12. The lowest BCUT2D eigenvalue weighted by Crippen LogP contribution is -2.42. The first-order chi connectivity index (χ1) is 10.1. The zero-order valence-corrected chi connectivity index (χ0v) is 12.1. The fourth-order valence-electron chi connectivity index (χ4n) is 3.26. The highest BCUT2D eigenvalue weighted by atomic mass is 16.6. The number of esters is 1. The van der Waals surface area contributed by atoms with Crippen molar-refractivity contribution in [3.05, 3.63) is 23.8 Å². The first-order valence-corrected chi connectivity index (χ1v) is 7.36. The average Bonchev–Trinajstić information content (AvgIpc) is 3.05. The summed E-state index contributed by atoms with van der Waals surface area (Å²) in [6, 6.07) is 0. The minimum Gasteiger partial charge on any atom is -0.458 e. The molecule has 3 rings (SSSR count). The Balaban J connectivity index is 1.64. The number of nitrogens with one attached hydrogen (secondary N) is 1. The third kappa shape index (κ3) is 2.75. The van der Waals surface area contributed by atoms with Gasteiger partial charge in [0.1, 0.15) is 5.60 Å². The van der Waals surface area contributed by atoms with Crippen molar-refractivity contribution in [3.63, 3.8) is 0 Å². The van der Waals surface area contributed by atoms with Crippen molar-refractivity contribution in [2.24, 2.45) is 5.92 Å². The third-order valence-electron chi connectivity index (χ3n) is 4.37. The van der Waals surface area contributed by atoms with E-state index in [0.717, 1.165) is 31.4 Å². The Morgan fingerprint density at radius 2 is 2.14 bits per heavy atom. The van der Waals surface area contributed by atoms with Gasteiger partial charge in [-0.25, -0.2) is 0 Å². The molecule has 1 unspecified atom stereocenters. The van der Waals surface area contributed by atoms with Gasteiger partial charge in [-0.2, -0.15) is 0 Å². The molecule has 0 aromatic carbocycles. The molecule has 21 heavy (non-hydrogen) atoms. The van der Waals surface area contributed by atoms with E-state index in [1.165, 1.54) is 0 Å². The molecule has 112 valence electrons. The van der Waals surface area contributed by atoms with Gasteiger partial charge in [-0.15, -0.1) is 0 Å². The molecule has 2 fully saturated rings. The Morgan fingerprint density at radius 3 is 2.81 bits per heavy atom. The lowest BCUT2D eigenvalue weighted by molar-refractivity contribution is -0.149. The number of ether oxygens (including phenoxy) is 1. The second-order valence-corrected chi connectivity index (χ2v) is 5.87. The molecular weight excluding hydrogens is 270 g/mol. The Morgan fingerprint density at radius 1 is 1.38 bits per heavy atom. The van der Waals surface area contributed by atoms with Gasteiger partial charge in [0.25, 0.3) is 0 Å². The van der Waals surface area contributed by atoms with Gasteiger partial charge in [0.2, 0.25) is 5.91 Å². The Kier molecular flexibility index (Phi) is 3.61. The SMILES string of the molecule is Cc1cnc(CNC(=O)C2CC(=O)OC23CCCC3)cn1. The zero-order valence-electron chi connectivity index (χ0n) is 12.1. The van der Waals surface area contributed by atoms with Gasteiger partial charge in [-0.05, 0) is 32.6 Å². The molecule has 0 radical (unpaired) electrons. The predicted molar refractivity (Wildman–Crippen MR) is 74.0 cm³/mol. The summed E-state index contributed by atoms with van der Waals surface area (Å²) in [7, 11) is 0. The second-order valence-electron chi connectivity index (χ2n) is 5.87. The highest BCUT2D eigenvalue weighted by Gasteiger charge is 2.53. The number of aryl methyl sites for hydroxylation is 1. The van der Waals surface area contributed by atoms with Crippen LogP contribution in [0.1, 0.15) is 43.5 Å². The van der Waals surface area contributed by atoms with Gasteiger partial charge < -0.3 is 10.1 Å². The largest absolute Gasteiger partial charge is 0.458 e. The minimum absolute atomic E-state index is 0.120.